The van der Waals surface area contributed by atoms with Crippen molar-refractivity contribution in [2.24, 2.45) is 5.92 Å². The minimum atomic E-state index is -0.745. The first kappa shape index (κ1) is 10.6. The summed E-state index contributed by atoms with van der Waals surface area (Å²) in [7, 11) is 1.34. The van der Waals surface area contributed by atoms with Crippen LogP contribution in [0.15, 0.2) is 22.7 Å². The monoisotopic (exact) mass is 270 g/mol. The third-order valence-electron chi connectivity index (χ3n) is 2.75. The van der Waals surface area contributed by atoms with Crippen molar-refractivity contribution >= 4 is 21.9 Å². The second kappa shape index (κ2) is 3.94. The van der Waals surface area contributed by atoms with Crippen LogP contribution in [0.2, 0.25) is 0 Å². The molecule has 2 rings (SSSR count). The van der Waals surface area contributed by atoms with Crippen molar-refractivity contribution in [1.82, 2.24) is 0 Å². The average molecular weight is 271 g/mol. The fourth-order valence-electron chi connectivity index (χ4n) is 1.96. The van der Waals surface area contributed by atoms with E-state index in [4.69, 9.17) is 0 Å². The number of fused-ring (bicyclic) bond motifs is 1. The molecule has 2 unspecified atom stereocenters. The number of hydrogen-bond donors (Lipinski definition) is 1. The van der Waals surface area contributed by atoms with Crippen LogP contribution in [0.1, 0.15) is 17.2 Å². The van der Waals surface area contributed by atoms with Crippen LogP contribution < -0.4 is 0 Å². The SMILES string of the molecule is COC(=O)C1Cc2ccc(Br)cc2C1O. The Morgan fingerprint density at radius 3 is 3.00 bits per heavy atom. The molecule has 0 fully saturated rings. The van der Waals surface area contributed by atoms with E-state index in [9.17, 15) is 9.90 Å². The van der Waals surface area contributed by atoms with Crippen molar-refractivity contribution in [3.63, 3.8) is 0 Å². The van der Waals surface area contributed by atoms with Gasteiger partial charge in [0.1, 0.15) is 0 Å². The lowest BCUT2D eigenvalue weighted by Crippen LogP contribution is -2.20. The van der Waals surface area contributed by atoms with Gasteiger partial charge in [0.05, 0.1) is 19.1 Å². The summed E-state index contributed by atoms with van der Waals surface area (Å²) >= 11 is 3.34. The predicted octanol–water partition coefficient (Wildman–Crippen LogP) is 1.83. The zero-order valence-electron chi connectivity index (χ0n) is 8.24. The Kier molecular flexibility index (Phi) is 2.80. The van der Waals surface area contributed by atoms with E-state index < -0.39 is 12.0 Å². The lowest BCUT2D eigenvalue weighted by atomic mass is 10.0. The minimum absolute atomic E-state index is 0.352. The zero-order valence-corrected chi connectivity index (χ0v) is 9.82. The van der Waals surface area contributed by atoms with E-state index in [1.54, 1.807) is 0 Å². The van der Waals surface area contributed by atoms with E-state index in [1.165, 1.54) is 7.11 Å². The molecule has 0 saturated carbocycles. The van der Waals surface area contributed by atoms with Gasteiger partial charge in [-0.3, -0.25) is 4.79 Å². The van der Waals surface area contributed by atoms with Gasteiger partial charge in [0.25, 0.3) is 0 Å². The van der Waals surface area contributed by atoms with Gasteiger partial charge in [-0.05, 0) is 29.7 Å². The molecular formula is C11H11BrO3. The van der Waals surface area contributed by atoms with Crippen LogP contribution >= 0.6 is 15.9 Å². The number of esters is 1. The van der Waals surface area contributed by atoms with E-state index in [1.807, 2.05) is 18.2 Å². The molecule has 1 aliphatic carbocycles. The van der Waals surface area contributed by atoms with Gasteiger partial charge >= 0.3 is 5.97 Å². The Morgan fingerprint density at radius 2 is 2.33 bits per heavy atom. The van der Waals surface area contributed by atoms with Crippen LogP contribution in [0, 0.1) is 5.92 Å². The molecule has 0 aromatic heterocycles. The number of aliphatic hydroxyl groups excluding tert-OH is 1. The van der Waals surface area contributed by atoms with Crippen LogP contribution in [0.3, 0.4) is 0 Å². The summed E-state index contributed by atoms with van der Waals surface area (Å²) < 4.78 is 5.56. The normalized spacial score (nSPS) is 23.7. The number of hydrogen-bond acceptors (Lipinski definition) is 3. The van der Waals surface area contributed by atoms with Crippen LogP contribution in [-0.2, 0) is 16.0 Å². The van der Waals surface area contributed by atoms with Gasteiger partial charge in [-0.15, -0.1) is 0 Å². The van der Waals surface area contributed by atoms with Crippen LogP contribution in [-0.4, -0.2) is 18.2 Å². The topological polar surface area (TPSA) is 46.5 Å². The lowest BCUT2D eigenvalue weighted by molar-refractivity contribution is -0.148. The first-order valence-corrected chi connectivity index (χ1v) is 5.47. The summed E-state index contributed by atoms with van der Waals surface area (Å²) in [6, 6.07) is 5.68. The Morgan fingerprint density at radius 1 is 1.60 bits per heavy atom. The van der Waals surface area contributed by atoms with Gasteiger partial charge in [-0.2, -0.15) is 0 Å². The average Bonchev–Trinajstić information content (AvgIpc) is 2.55. The molecule has 0 bridgehead atoms. The number of methoxy groups -OCH3 is 1. The van der Waals surface area contributed by atoms with Gasteiger partial charge < -0.3 is 9.84 Å². The molecule has 2 atom stereocenters. The highest BCUT2D eigenvalue weighted by Gasteiger charge is 2.36. The number of carbonyl (C=O) groups excluding carboxylic acids is 1. The van der Waals surface area contributed by atoms with Gasteiger partial charge in [-0.25, -0.2) is 0 Å². The standard InChI is InChI=1S/C11H11BrO3/c1-15-11(14)9-4-6-2-3-7(12)5-8(6)10(9)13/h2-3,5,9-10,13H,4H2,1H3. The van der Waals surface area contributed by atoms with E-state index in [0.717, 1.165) is 15.6 Å². The molecule has 0 saturated heterocycles. The fourth-order valence-corrected chi connectivity index (χ4v) is 2.33. The van der Waals surface area contributed by atoms with Crippen molar-refractivity contribution in [1.29, 1.82) is 0 Å². The van der Waals surface area contributed by atoms with E-state index in [2.05, 4.69) is 20.7 Å². The highest BCUT2D eigenvalue weighted by Crippen LogP contribution is 2.37. The Balaban J connectivity index is 2.33. The first-order chi connectivity index (χ1) is 7.13. The summed E-state index contributed by atoms with van der Waals surface area (Å²) in [5, 5.41) is 9.95. The third-order valence-corrected chi connectivity index (χ3v) is 3.24. The Hall–Kier alpha value is -0.870. The van der Waals surface area contributed by atoms with Gasteiger partial charge in [0.15, 0.2) is 0 Å². The molecule has 15 heavy (non-hydrogen) atoms. The van der Waals surface area contributed by atoms with Crippen molar-refractivity contribution < 1.29 is 14.6 Å². The van der Waals surface area contributed by atoms with Crippen LogP contribution in [0.25, 0.3) is 0 Å². The number of rotatable bonds is 1. The molecule has 0 aliphatic heterocycles. The van der Waals surface area contributed by atoms with Crippen LogP contribution in [0.5, 0.6) is 0 Å². The summed E-state index contributed by atoms with van der Waals surface area (Å²) in [5.74, 6) is -0.811. The molecule has 4 heteroatoms. The highest BCUT2D eigenvalue weighted by molar-refractivity contribution is 9.10. The lowest BCUT2D eigenvalue weighted by Gasteiger charge is -2.11. The van der Waals surface area contributed by atoms with E-state index in [0.29, 0.717) is 6.42 Å². The maximum atomic E-state index is 11.4. The largest absolute Gasteiger partial charge is 0.469 e. The number of aliphatic hydroxyl groups is 1. The molecule has 80 valence electrons. The molecule has 1 aliphatic rings. The summed E-state index contributed by atoms with van der Waals surface area (Å²) in [6.45, 7) is 0. The number of halogens is 1. The number of carbonyl (C=O) groups is 1. The minimum Gasteiger partial charge on any atom is -0.469 e. The second-order valence-corrected chi connectivity index (χ2v) is 4.54. The molecule has 0 amide bonds. The smallest absolute Gasteiger partial charge is 0.311 e. The summed E-state index contributed by atoms with van der Waals surface area (Å²) in [4.78, 5) is 11.4. The molecule has 1 aromatic rings. The highest BCUT2D eigenvalue weighted by atomic mass is 79.9. The molecule has 0 radical (unpaired) electrons. The van der Waals surface area contributed by atoms with Gasteiger partial charge in [0, 0.05) is 4.47 Å². The Bertz CT molecular complexity index is 403. The van der Waals surface area contributed by atoms with Crippen molar-refractivity contribution in [2.75, 3.05) is 7.11 Å². The van der Waals surface area contributed by atoms with Crippen molar-refractivity contribution in [3.8, 4) is 0 Å². The van der Waals surface area contributed by atoms with Crippen molar-refractivity contribution in [2.45, 2.75) is 12.5 Å². The summed E-state index contributed by atoms with van der Waals surface area (Å²) in [6.07, 6.45) is -0.193. The molecule has 0 spiro atoms. The van der Waals surface area contributed by atoms with Crippen LogP contribution in [0.4, 0.5) is 0 Å². The maximum absolute atomic E-state index is 11.4. The third kappa shape index (κ3) is 1.79. The Labute approximate surface area is 96.2 Å². The predicted molar refractivity (Wildman–Crippen MR) is 58.3 cm³/mol. The molecule has 0 heterocycles. The number of ether oxygens (including phenoxy) is 1. The van der Waals surface area contributed by atoms with Gasteiger partial charge in [0.2, 0.25) is 0 Å². The van der Waals surface area contributed by atoms with Crippen molar-refractivity contribution in [3.05, 3.63) is 33.8 Å². The first-order valence-electron chi connectivity index (χ1n) is 4.67. The summed E-state index contributed by atoms with van der Waals surface area (Å²) in [5.41, 5.74) is 1.83. The fraction of sp³-hybridized carbons (Fsp3) is 0.364. The maximum Gasteiger partial charge on any atom is 0.311 e. The molecular weight excluding hydrogens is 260 g/mol. The molecule has 3 nitrogen and oxygen atoms in total. The zero-order chi connectivity index (χ0) is 11.0. The number of benzene rings is 1. The molecule has 1 aromatic carbocycles. The second-order valence-electron chi connectivity index (χ2n) is 3.62. The van der Waals surface area contributed by atoms with Gasteiger partial charge in [-0.1, -0.05) is 22.0 Å². The van der Waals surface area contributed by atoms with E-state index >= 15 is 0 Å². The quantitative estimate of drug-likeness (QED) is 0.792. The molecule has 1 N–H and O–H groups in total. The van der Waals surface area contributed by atoms with E-state index in [-0.39, 0.29) is 5.97 Å².